The van der Waals surface area contributed by atoms with E-state index in [0.29, 0.717) is 5.69 Å². The molecule has 1 aromatic heterocycles. The quantitative estimate of drug-likeness (QED) is 0.717. The lowest BCUT2D eigenvalue weighted by molar-refractivity contribution is -0.0211. The van der Waals surface area contributed by atoms with Crippen LogP contribution in [0.5, 0.6) is 0 Å². The molecule has 20 heavy (non-hydrogen) atoms. The minimum Gasteiger partial charge on any atom is -0.399 e. The molecule has 2 aromatic carbocycles. The molecule has 0 amide bonds. The maximum atomic E-state index is 14.3. The summed E-state index contributed by atoms with van der Waals surface area (Å²) in [4.78, 5) is 0. The number of nitrogens with two attached hydrogens (primary N) is 1. The number of anilines is 1. The summed E-state index contributed by atoms with van der Waals surface area (Å²) in [6, 6.07) is 15.0. The highest BCUT2D eigenvalue weighted by atomic mass is 19.3. The van der Waals surface area contributed by atoms with Crippen molar-refractivity contribution in [3.63, 3.8) is 0 Å². The van der Waals surface area contributed by atoms with Crippen LogP contribution in [0.1, 0.15) is 5.56 Å². The van der Waals surface area contributed by atoms with Crippen LogP contribution in [-0.2, 0) is 12.5 Å². The predicted octanol–water partition coefficient (Wildman–Crippen LogP) is 4.02. The molecule has 102 valence electrons. The molecule has 0 spiro atoms. The Labute approximate surface area is 115 Å². The first-order valence-corrected chi connectivity index (χ1v) is 6.34. The van der Waals surface area contributed by atoms with Gasteiger partial charge in [0.05, 0.1) is 12.1 Å². The maximum Gasteiger partial charge on any atom is 0.290 e. The summed E-state index contributed by atoms with van der Waals surface area (Å²) >= 11 is 0. The molecule has 0 radical (unpaired) electrons. The number of nitrogens with zero attached hydrogens (tertiary/aromatic N) is 1. The Kier molecular flexibility index (Phi) is 2.93. The van der Waals surface area contributed by atoms with E-state index >= 15 is 0 Å². The van der Waals surface area contributed by atoms with Crippen LogP contribution in [0, 0.1) is 0 Å². The van der Waals surface area contributed by atoms with Crippen molar-refractivity contribution < 1.29 is 8.78 Å². The van der Waals surface area contributed by atoms with Crippen LogP contribution >= 0.6 is 0 Å². The third-order valence-electron chi connectivity index (χ3n) is 3.36. The van der Waals surface area contributed by atoms with Crippen LogP contribution < -0.4 is 5.73 Å². The zero-order valence-corrected chi connectivity index (χ0v) is 10.8. The van der Waals surface area contributed by atoms with Gasteiger partial charge in [-0.1, -0.05) is 36.4 Å². The number of alkyl halides is 2. The van der Waals surface area contributed by atoms with Crippen LogP contribution in [0.15, 0.2) is 60.8 Å². The van der Waals surface area contributed by atoms with Gasteiger partial charge in [0, 0.05) is 17.4 Å². The van der Waals surface area contributed by atoms with E-state index in [1.54, 1.807) is 41.1 Å². The second kappa shape index (κ2) is 4.63. The van der Waals surface area contributed by atoms with E-state index < -0.39 is 12.5 Å². The molecule has 0 fully saturated rings. The number of fused-ring (bicyclic) bond motifs is 1. The maximum absolute atomic E-state index is 14.3. The molecule has 0 aliphatic carbocycles. The fraction of sp³-hybridized carbons (Fsp3) is 0.125. The smallest absolute Gasteiger partial charge is 0.290 e. The van der Waals surface area contributed by atoms with Gasteiger partial charge in [-0.3, -0.25) is 0 Å². The van der Waals surface area contributed by atoms with Gasteiger partial charge in [-0.2, -0.15) is 8.78 Å². The van der Waals surface area contributed by atoms with Gasteiger partial charge in [0.15, 0.2) is 0 Å². The number of halogens is 2. The van der Waals surface area contributed by atoms with Gasteiger partial charge in [0.1, 0.15) is 0 Å². The third kappa shape index (κ3) is 2.25. The van der Waals surface area contributed by atoms with Crippen LogP contribution in [0.25, 0.3) is 10.9 Å². The number of hydrogen-bond acceptors (Lipinski definition) is 1. The van der Waals surface area contributed by atoms with Crippen molar-refractivity contribution in [1.29, 1.82) is 0 Å². The zero-order chi connectivity index (χ0) is 14.2. The van der Waals surface area contributed by atoms with Gasteiger partial charge < -0.3 is 10.3 Å². The van der Waals surface area contributed by atoms with Crippen LogP contribution in [0.4, 0.5) is 14.5 Å². The van der Waals surface area contributed by atoms with Gasteiger partial charge in [-0.25, -0.2) is 0 Å². The van der Waals surface area contributed by atoms with Gasteiger partial charge in [-0.05, 0) is 23.6 Å². The summed E-state index contributed by atoms with van der Waals surface area (Å²) in [5, 5.41) is 0.906. The number of aromatic nitrogens is 1. The Morgan fingerprint density at radius 1 is 1.00 bits per heavy atom. The highest BCUT2D eigenvalue weighted by molar-refractivity contribution is 5.83. The SMILES string of the molecule is Nc1ccc2ccn(CC(F)(F)c3ccccc3)c2c1. The van der Waals surface area contributed by atoms with Crippen molar-refractivity contribution in [3.8, 4) is 0 Å². The monoisotopic (exact) mass is 272 g/mol. The Morgan fingerprint density at radius 2 is 1.75 bits per heavy atom. The highest BCUT2D eigenvalue weighted by Crippen LogP contribution is 2.31. The normalized spacial score (nSPS) is 11.9. The van der Waals surface area contributed by atoms with Crippen LogP contribution in [0.3, 0.4) is 0 Å². The fourth-order valence-electron chi connectivity index (χ4n) is 2.33. The Balaban J connectivity index is 1.99. The zero-order valence-electron chi connectivity index (χ0n) is 10.8. The van der Waals surface area contributed by atoms with E-state index in [9.17, 15) is 8.78 Å². The summed E-state index contributed by atoms with van der Waals surface area (Å²) in [5.74, 6) is -2.92. The molecule has 0 saturated carbocycles. The van der Waals surface area contributed by atoms with E-state index in [0.717, 1.165) is 10.9 Å². The van der Waals surface area contributed by atoms with E-state index in [-0.39, 0.29) is 5.56 Å². The molecule has 0 saturated heterocycles. The average Bonchev–Trinajstić information content (AvgIpc) is 2.82. The van der Waals surface area contributed by atoms with Gasteiger partial charge in [0.2, 0.25) is 0 Å². The minimum atomic E-state index is -2.92. The van der Waals surface area contributed by atoms with Crippen molar-refractivity contribution in [2.45, 2.75) is 12.5 Å². The van der Waals surface area contributed by atoms with E-state index in [4.69, 9.17) is 5.73 Å². The van der Waals surface area contributed by atoms with Crippen LogP contribution in [-0.4, -0.2) is 4.57 Å². The Hall–Kier alpha value is -2.36. The summed E-state index contributed by atoms with van der Waals surface area (Å²) in [6.45, 7) is -0.399. The van der Waals surface area contributed by atoms with Crippen molar-refractivity contribution in [2.75, 3.05) is 5.73 Å². The van der Waals surface area contributed by atoms with Crippen molar-refractivity contribution in [2.24, 2.45) is 0 Å². The lowest BCUT2D eigenvalue weighted by Gasteiger charge is -2.18. The van der Waals surface area contributed by atoms with E-state index in [1.165, 1.54) is 12.1 Å². The first kappa shape index (κ1) is 12.7. The highest BCUT2D eigenvalue weighted by Gasteiger charge is 2.32. The number of rotatable bonds is 3. The average molecular weight is 272 g/mol. The molecule has 2 N–H and O–H groups in total. The second-order valence-corrected chi connectivity index (χ2v) is 4.83. The van der Waals surface area contributed by atoms with Crippen molar-refractivity contribution in [3.05, 3.63) is 66.4 Å². The molecule has 0 aliphatic heterocycles. The molecular weight excluding hydrogens is 258 g/mol. The van der Waals surface area contributed by atoms with Crippen LogP contribution in [0.2, 0.25) is 0 Å². The summed E-state index contributed by atoms with van der Waals surface area (Å²) in [6.07, 6.45) is 1.67. The molecule has 2 nitrogen and oxygen atoms in total. The van der Waals surface area contributed by atoms with Gasteiger partial charge in [0.25, 0.3) is 5.92 Å². The van der Waals surface area contributed by atoms with Crippen molar-refractivity contribution >= 4 is 16.6 Å². The summed E-state index contributed by atoms with van der Waals surface area (Å²) < 4.78 is 30.1. The first-order valence-electron chi connectivity index (χ1n) is 6.34. The molecule has 0 atom stereocenters. The Morgan fingerprint density at radius 3 is 2.50 bits per heavy atom. The largest absolute Gasteiger partial charge is 0.399 e. The topological polar surface area (TPSA) is 30.9 Å². The standard InChI is InChI=1S/C16H14F2N2/c17-16(18,13-4-2-1-3-5-13)11-20-9-8-12-6-7-14(19)10-15(12)20/h1-10H,11,19H2. The Bertz CT molecular complexity index is 733. The first-order chi connectivity index (χ1) is 9.56. The molecule has 0 aliphatic rings. The number of nitrogen functional groups attached to an aromatic ring is 1. The van der Waals surface area contributed by atoms with E-state index in [1.807, 2.05) is 12.1 Å². The van der Waals surface area contributed by atoms with Gasteiger partial charge in [-0.15, -0.1) is 0 Å². The molecular formula is C16H14F2N2. The lowest BCUT2D eigenvalue weighted by atomic mass is 10.1. The molecule has 4 heteroatoms. The second-order valence-electron chi connectivity index (χ2n) is 4.83. The fourth-order valence-corrected chi connectivity index (χ4v) is 2.33. The number of benzene rings is 2. The van der Waals surface area contributed by atoms with E-state index in [2.05, 4.69) is 0 Å². The van der Waals surface area contributed by atoms with Gasteiger partial charge >= 0.3 is 0 Å². The molecule has 0 unspecified atom stereocenters. The minimum absolute atomic E-state index is 0.0192. The van der Waals surface area contributed by atoms with Crippen molar-refractivity contribution in [1.82, 2.24) is 4.57 Å². The molecule has 1 heterocycles. The summed E-state index contributed by atoms with van der Waals surface area (Å²) in [5.41, 5.74) is 7.04. The molecule has 3 rings (SSSR count). The molecule has 0 bridgehead atoms. The lowest BCUT2D eigenvalue weighted by Crippen LogP contribution is -2.20. The molecule has 3 aromatic rings. The number of hydrogen-bond donors (Lipinski definition) is 1. The summed E-state index contributed by atoms with van der Waals surface area (Å²) in [7, 11) is 0. The third-order valence-corrected chi connectivity index (χ3v) is 3.36. The predicted molar refractivity (Wildman–Crippen MR) is 76.7 cm³/mol.